The SMILES string of the molecule is C[C@@H](O)[C@@H](C(=O)O)N(OC(=O)[C@@H](N)Cc1ccccc1)C(=O)c1ccccc1. The number of nitrogens with zero attached hydrogens (tertiary/aromatic N) is 1. The van der Waals surface area contributed by atoms with Gasteiger partial charge in [0.2, 0.25) is 0 Å². The van der Waals surface area contributed by atoms with Gasteiger partial charge in [0.25, 0.3) is 5.91 Å². The van der Waals surface area contributed by atoms with Gasteiger partial charge in [0.1, 0.15) is 6.04 Å². The van der Waals surface area contributed by atoms with E-state index in [0.717, 1.165) is 5.56 Å². The smallest absolute Gasteiger partial charge is 0.349 e. The third-order valence-corrected chi connectivity index (χ3v) is 3.97. The molecule has 0 bridgehead atoms. The van der Waals surface area contributed by atoms with Crippen LogP contribution in [0.2, 0.25) is 0 Å². The second-order valence-corrected chi connectivity index (χ2v) is 6.23. The molecular weight excluding hydrogens is 364 g/mol. The molecule has 8 nitrogen and oxygen atoms in total. The standard InChI is InChI=1S/C20H22N2O6/c1-13(23)17(19(25)26)22(18(24)15-10-6-3-7-11-15)28-20(27)16(21)12-14-8-4-2-5-9-14/h2-11,13,16-17,23H,12,21H2,1H3,(H,25,26)/t13-,16+,17+/m1/s1. The van der Waals surface area contributed by atoms with Crippen molar-refractivity contribution in [2.45, 2.75) is 31.5 Å². The molecular formula is C20H22N2O6. The number of hydrogen-bond acceptors (Lipinski definition) is 6. The lowest BCUT2D eigenvalue weighted by atomic mass is 10.1. The van der Waals surface area contributed by atoms with Gasteiger partial charge in [0, 0.05) is 5.56 Å². The molecule has 0 unspecified atom stereocenters. The fraction of sp³-hybridized carbons (Fsp3) is 0.250. The Morgan fingerprint density at radius 3 is 2.07 bits per heavy atom. The zero-order chi connectivity index (χ0) is 20.7. The van der Waals surface area contributed by atoms with Crippen molar-refractivity contribution < 1.29 is 29.4 Å². The van der Waals surface area contributed by atoms with Crippen LogP contribution in [0.4, 0.5) is 0 Å². The number of aliphatic hydroxyl groups is 1. The minimum atomic E-state index is -1.79. The second kappa shape index (κ2) is 9.63. The largest absolute Gasteiger partial charge is 0.480 e. The molecule has 3 atom stereocenters. The first-order valence-corrected chi connectivity index (χ1v) is 8.62. The number of carbonyl (C=O) groups excluding carboxylic acids is 2. The number of nitrogens with two attached hydrogens (primary N) is 1. The topological polar surface area (TPSA) is 130 Å². The van der Waals surface area contributed by atoms with Crippen LogP contribution in [-0.2, 0) is 20.8 Å². The molecule has 0 spiro atoms. The first kappa shape index (κ1) is 21.1. The summed E-state index contributed by atoms with van der Waals surface area (Å²) in [5.74, 6) is -3.39. The minimum absolute atomic E-state index is 0.0961. The zero-order valence-corrected chi connectivity index (χ0v) is 15.3. The number of hydroxylamine groups is 2. The van der Waals surface area contributed by atoms with Gasteiger partial charge < -0.3 is 20.8 Å². The van der Waals surface area contributed by atoms with Crippen molar-refractivity contribution in [2.24, 2.45) is 5.73 Å². The molecule has 0 aliphatic carbocycles. The molecule has 0 aromatic heterocycles. The predicted molar refractivity (Wildman–Crippen MR) is 99.9 cm³/mol. The van der Waals surface area contributed by atoms with E-state index < -0.39 is 36.0 Å². The number of aliphatic carboxylic acids is 1. The summed E-state index contributed by atoms with van der Waals surface area (Å²) >= 11 is 0. The molecule has 8 heteroatoms. The molecule has 1 amide bonds. The van der Waals surface area contributed by atoms with E-state index in [0.29, 0.717) is 5.06 Å². The van der Waals surface area contributed by atoms with Gasteiger partial charge in [-0.2, -0.15) is 5.06 Å². The molecule has 0 aliphatic rings. The molecule has 2 rings (SSSR count). The summed E-state index contributed by atoms with van der Waals surface area (Å²) < 4.78 is 0. The van der Waals surface area contributed by atoms with Crippen molar-refractivity contribution in [1.82, 2.24) is 5.06 Å². The van der Waals surface area contributed by atoms with E-state index in [-0.39, 0.29) is 12.0 Å². The molecule has 2 aromatic rings. The van der Waals surface area contributed by atoms with Gasteiger partial charge in [0.15, 0.2) is 6.04 Å². The molecule has 4 N–H and O–H groups in total. The number of amides is 1. The predicted octanol–water partition coefficient (Wildman–Crippen LogP) is 0.991. The lowest BCUT2D eigenvalue weighted by Crippen LogP contribution is -2.53. The van der Waals surface area contributed by atoms with Crippen molar-refractivity contribution in [3.63, 3.8) is 0 Å². The number of carbonyl (C=O) groups is 3. The Labute approximate surface area is 162 Å². The highest BCUT2D eigenvalue weighted by Gasteiger charge is 2.38. The van der Waals surface area contributed by atoms with E-state index in [4.69, 9.17) is 10.6 Å². The Bertz CT molecular complexity index is 810. The maximum atomic E-state index is 12.7. The van der Waals surface area contributed by atoms with E-state index in [1.165, 1.54) is 19.1 Å². The number of carboxylic acids is 1. The van der Waals surface area contributed by atoms with E-state index in [9.17, 15) is 24.6 Å². The first-order valence-electron chi connectivity index (χ1n) is 8.62. The van der Waals surface area contributed by atoms with Crippen molar-refractivity contribution in [3.05, 3.63) is 71.8 Å². The Hall–Kier alpha value is -3.23. The third-order valence-electron chi connectivity index (χ3n) is 3.97. The van der Waals surface area contributed by atoms with Gasteiger partial charge in [-0.3, -0.25) is 4.79 Å². The molecule has 2 aromatic carbocycles. The fourth-order valence-electron chi connectivity index (χ4n) is 2.55. The van der Waals surface area contributed by atoms with Crippen LogP contribution in [0.25, 0.3) is 0 Å². The summed E-state index contributed by atoms with van der Waals surface area (Å²) in [6.07, 6.45) is -1.36. The fourth-order valence-corrected chi connectivity index (χ4v) is 2.55. The van der Waals surface area contributed by atoms with Crippen LogP contribution in [-0.4, -0.2) is 51.3 Å². The lowest BCUT2D eigenvalue weighted by Gasteiger charge is -2.29. The van der Waals surface area contributed by atoms with Crippen LogP contribution >= 0.6 is 0 Å². The average molecular weight is 386 g/mol. The van der Waals surface area contributed by atoms with Gasteiger partial charge in [-0.15, -0.1) is 0 Å². The monoisotopic (exact) mass is 386 g/mol. The highest BCUT2D eigenvalue weighted by atomic mass is 16.7. The number of benzene rings is 2. The number of hydrogen-bond donors (Lipinski definition) is 3. The second-order valence-electron chi connectivity index (χ2n) is 6.23. The maximum Gasteiger partial charge on any atom is 0.349 e. The van der Waals surface area contributed by atoms with Crippen molar-refractivity contribution in [2.75, 3.05) is 0 Å². The van der Waals surface area contributed by atoms with Crippen LogP contribution in [0.3, 0.4) is 0 Å². The summed E-state index contributed by atoms with van der Waals surface area (Å²) in [6.45, 7) is 1.18. The Kier molecular flexibility index (Phi) is 7.25. The number of carboxylic acid groups (broad SMARTS) is 1. The summed E-state index contributed by atoms with van der Waals surface area (Å²) in [5, 5.41) is 19.6. The molecule has 0 fully saturated rings. The Morgan fingerprint density at radius 2 is 1.57 bits per heavy atom. The van der Waals surface area contributed by atoms with Gasteiger partial charge in [0.05, 0.1) is 6.10 Å². The summed E-state index contributed by atoms with van der Waals surface area (Å²) in [4.78, 5) is 41.8. The lowest BCUT2D eigenvalue weighted by molar-refractivity contribution is -0.199. The summed E-state index contributed by atoms with van der Waals surface area (Å²) in [6, 6.07) is 13.7. The third kappa shape index (κ3) is 5.38. The van der Waals surface area contributed by atoms with E-state index in [1.807, 2.05) is 6.07 Å². The Balaban J connectivity index is 2.24. The van der Waals surface area contributed by atoms with Crippen molar-refractivity contribution in [3.8, 4) is 0 Å². The quantitative estimate of drug-likeness (QED) is 0.605. The summed E-state index contributed by atoms with van der Waals surface area (Å²) in [5.41, 5.74) is 6.74. The van der Waals surface area contributed by atoms with Crippen LogP contribution in [0.1, 0.15) is 22.8 Å². The Morgan fingerprint density at radius 1 is 1.04 bits per heavy atom. The minimum Gasteiger partial charge on any atom is -0.480 e. The van der Waals surface area contributed by atoms with Crippen LogP contribution in [0.15, 0.2) is 60.7 Å². The molecule has 0 saturated heterocycles. The molecule has 0 heterocycles. The van der Waals surface area contributed by atoms with Crippen LogP contribution in [0.5, 0.6) is 0 Å². The summed E-state index contributed by atoms with van der Waals surface area (Å²) in [7, 11) is 0. The molecule has 0 radical (unpaired) electrons. The van der Waals surface area contributed by atoms with E-state index in [1.54, 1.807) is 42.5 Å². The molecule has 148 valence electrons. The molecule has 0 aliphatic heterocycles. The first-order chi connectivity index (χ1) is 13.3. The van der Waals surface area contributed by atoms with Gasteiger partial charge in [-0.25, -0.2) is 9.59 Å². The van der Waals surface area contributed by atoms with Crippen molar-refractivity contribution >= 4 is 17.8 Å². The maximum absolute atomic E-state index is 12.7. The number of rotatable bonds is 7. The molecule has 0 saturated carbocycles. The zero-order valence-electron chi connectivity index (χ0n) is 15.3. The van der Waals surface area contributed by atoms with Crippen molar-refractivity contribution in [1.29, 1.82) is 0 Å². The van der Waals surface area contributed by atoms with Gasteiger partial charge in [-0.05, 0) is 31.0 Å². The molecule has 28 heavy (non-hydrogen) atoms. The van der Waals surface area contributed by atoms with Gasteiger partial charge >= 0.3 is 11.9 Å². The normalized spacial score (nSPS) is 13.8. The number of aliphatic hydroxyl groups excluding tert-OH is 1. The van der Waals surface area contributed by atoms with E-state index in [2.05, 4.69) is 0 Å². The van der Waals surface area contributed by atoms with Gasteiger partial charge in [-0.1, -0.05) is 48.5 Å². The van der Waals surface area contributed by atoms with E-state index >= 15 is 0 Å². The average Bonchev–Trinajstić information content (AvgIpc) is 2.67. The van der Waals surface area contributed by atoms with Crippen LogP contribution in [0, 0.1) is 0 Å². The highest BCUT2D eigenvalue weighted by Crippen LogP contribution is 2.14. The highest BCUT2D eigenvalue weighted by molar-refractivity contribution is 5.97. The van der Waals surface area contributed by atoms with Crippen LogP contribution < -0.4 is 5.73 Å².